The molecule has 0 unspecified atom stereocenters. The molecule has 0 spiro atoms. The van der Waals surface area contributed by atoms with Gasteiger partial charge in [-0.2, -0.15) is 0 Å². The lowest BCUT2D eigenvalue weighted by Crippen LogP contribution is -2.29. The molecule has 3 rings (SSSR count). The molecule has 2 aromatic heterocycles. The maximum Gasteiger partial charge on any atom is 0.340 e. The standard InChI is InChI=1S/C18H19N3O3S/c1-12-20-13(11-25-12)7-8-19-17(22)10-21-9-15(18(23)24-2)14-5-3-4-6-16(14)21/h3-6,9,11H,7-8,10H2,1-2H3,(H,19,22). The van der Waals surface area contributed by atoms with Gasteiger partial charge in [-0.1, -0.05) is 18.2 Å². The lowest BCUT2D eigenvalue weighted by molar-refractivity contribution is -0.121. The van der Waals surface area contributed by atoms with Gasteiger partial charge in [0.25, 0.3) is 0 Å². The third kappa shape index (κ3) is 3.88. The molecule has 0 bridgehead atoms. The van der Waals surface area contributed by atoms with Gasteiger partial charge in [-0.15, -0.1) is 11.3 Å². The number of aromatic nitrogens is 2. The van der Waals surface area contributed by atoms with E-state index in [2.05, 4.69) is 10.3 Å². The predicted molar refractivity (Wildman–Crippen MR) is 96.8 cm³/mol. The first-order chi connectivity index (χ1) is 12.1. The Balaban J connectivity index is 1.67. The van der Waals surface area contributed by atoms with Gasteiger partial charge in [0, 0.05) is 35.4 Å². The Labute approximate surface area is 149 Å². The molecule has 0 saturated heterocycles. The lowest BCUT2D eigenvalue weighted by atomic mass is 10.2. The maximum absolute atomic E-state index is 12.2. The number of rotatable bonds is 6. The van der Waals surface area contributed by atoms with Crippen LogP contribution < -0.4 is 5.32 Å². The normalized spacial score (nSPS) is 10.8. The van der Waals surface area contributed by atoms with Crippen molar-refractivity contribution in [2.24, 2.45) is 0 Å². The van der Waals surface area contributed by atoms with Crippen molar-refractivity contribution >= 4 is 34.1 Å². The molecule has 0 aliphatic rings. The van der Waals surface area contributed by atoms with E-state index in [9.17, 15) is 9.59 Å². The van der Waals surface area contributed by atoms with Gasteiger partial charge in [0.05, 0.1) is 23.4 Å². The summed E-state index contributed by atoms with van der Waals surface area (Å²) >= 11 is 1.60. The summed E-state index contributed by atoms with van der Waals surface area (Å²) < 4.78 is 6.59. The van der Waals surface area contributed by atoms with Gasteiger partial charge < -0.3 is 14.6 Å². The summed E-state index contributed by atoms with van der Waals surface area (Å²) in [5, 5.41) is 6.70. The van der Waals surface area contributed by atoms with Crippen LogP contribution in [0.15, 0.2) is 35.8 Å². The molecule has 0 atom stereocenters. The van der Waals surface area contributed by atoms with Crippen LogP contribution in [0.3, 0.4) is 0 Å². The molecule has 0 fully saturated rings. The molecule has 3 aromatic rings. The fourth-order valence-corrected chi connectivity index (χ4v) is 3.36. The summed E-state index contributed by atoms with van der Waals surface area (Å²) in [6.45, 7) is 2.64. The quantitative estimate of drug-likeness (QED) is 0.688. The summed E-state index contributed by atoms with van der Waals surface area (Å²) in [4.78, 5) is 28.5. The summed E-state index contributed by atoms with van der Waals surface area (Å²) in [6.07, 6.45) is 2.37. The number of para-hydroxylation sites is 1. The Bertz CT molecular complexity index is 913. The first kappa shape index (κ1) is 17.2. The summed E-state index contributed by atoms with van der Waals surface area (Å²) in [5.74, 6) is -0.515. The van der Waals surface area contributed by atoms with Crippen LogP contribution in [0.25, 0.3) is 10.9 Å². The molecule has 130 valence electrons. The third-order valence-electron chi connectivity index (χ3n) is 3.88. The van der Waals surface area contributed by atoms with Gasteiger partial charge in [0.15, 0.2) is 0 Å². The van der Waals surface area contributed by atoms with Crippen molar-refractivity contribution in [1.29, 1.82) is 0 Å². The number of hydrogen-bond acceptors (Lipinski definition) is 5. The first-order valence-corrected chi connectivity index (χ1v) is 8.80. The number of fused-ring (bicyclic) bond motifs is 1. The van der Waals surface area contributed by atoms with E-state index in [4.69, 9.17) is 4.74 Å². The van der Waals surface area contributed by atoms with Gasteiger partial charge in [0.1, 0.15) is 6.54 Å². The van der Waals surface area contributed by atoms with E-state index < -0.39 is 5.97 Å². The summed E-state index contributed by atoms with van der Waals surface area (Å²) in [6, 6.07) is 7.46. The first-order valence-electron chi connectivity index (χ1n) is 7.92. The highest BCUT2D eigenvalue weighted by atomic mass is 32.1. The minimum atomic E-state index is -0.408. The van der Waals surface area contributed by atoms with Crippen LogP contribution in [0.2, 0.25) is 0 Å². The second kappa shape index (κ2) is 7.48. The van der Waals surface area contributed by atoms with Crippen molar-refractivity contribution in [2.75, 3.05) is 13.7 Å². The summed E-state index contributed by atoms with van der Waals surface area (Å²) in [5.41, 5.74) is 2.28. The number of carbonyl (C=O) groups is 2. The van der Waals surface area contributed by atoms with E-state index in [-0.39, 0.29) is 12.5 Å². The smallest absolute Gasteiger partial charge is 0.340 e. The zero-order chi connectivity index (χ0) is 17.8. The fourth-order valence-electron chi connectivity index (χ4n) is 2.71. The van der Waals surface area contributed by atoms with Crippen molar-refractivity contribution < 1.29 is 14.3 Å². The molecule has 2 heterocycles. The summed E-state index contributed by atoms with van der Waals surface area (Å²) in [7, 11) is 1.35. The number of benzene rings is 1. The van der Waals surface area contributed by atoms with Gasteiger partial charge in [0.2, 0.25) is 5.91 Å². The second-order valence-electron chi connectivity index (χ2n) is 5.64. The number of hydrogen-bond donors (Lipinski definition) is 1. The Morgan fingerprint density at radius 2 is 2.12 bits per heavy atom. The Morgan fingerprint density at radius 1 is 1.32 bits per heavy atom. The van der Waals surface area contributed by atoms with Crippen molar-refractivity contribution in [3.8, 4) is 0 Å². The van der Waals surface area contributed by atoms with Crippen molar-refractivity contribution in [3.63, 3.8) is 0 Å². The van der Waals surface area contributed by atoms with E-state index in [1.807, 2.05) is 36.6 Å². The van der Waals surface area contributed by atoms with Crippen LogP contribution in [-0.4, -0.2) is 35.1 Å². The minimum absolute atomic E-state index is 0.107. The van der Waals surface area contributed by atoms with Crippen LogP contribution in [-0.2, 0) is 22.5 Å². The third-order valence-corrected chi connectivity index (χ3v) is 4.70. The fraction of sp³-hybridized carbons (Fsp3) is 0.278. The van der Waals surface area contributed by atoms with Gasteiger partial charge in [-0.3, -0.25) is 4.79 Å². The molecule has 1 aromatic carbocycles. The Morgan fingerprint density at radius 3 is 2.84 bits per heavy atom. The average Bonchev–Trinajstić information content (AvgIpc) is 3.18. The van der Waals surface area contributed by atoms with E-state index in [1.54, 1.807) is 22.1 Å². The molecule has 0 saturated carbocycles. The molecule has 0 aliphatic carbocycles. The highest BCUT2D eigenvalue weighted by Gasteiger charge is 2.16. The number of thiazole rings is 1. The largest absolute Gasteiger partial charge is 0.465 e. The molecule has 0 radical (unpaired) electrons. The van der Waals surface area contributed by atoms with Gasteiger partial charge >= 0.3 is 5.97 Å². The molecule has 0 aliphatic heterocycles. The monoisotopic (exact) mass is 357 g/mol. The van der Waals surface area contributed by atoms with Crippen LogP contribution in [0.4, 0.5) is 0 Å². The number of methoxy groups -OCH3 is 1. The van der Waals surface area contributed by atoms with E-state index in [0.29, 0.717) is 18.5 Å². The predicted octanol–water partition coefficient (Wildman–Crippen LogP) is 2.55. The highest BCUT2D eigenvalue weighted by molar-refractivity contribution is 7.09. The highest BCUT2D eigenvalue weighted by Crippen LogP contribution is 2.22. The molecule has 25 heavy (non-hydrogen) atoms. The number of carbonyl (C=O) groups excluding carboxylic acids is 2. The van der Waals surface area contributed by atoms with Crippen LogP contribution in [0, 0.1) is 6.92 Å². The molecule has 6 nitrogen and oxygen atoms in total. The lowest BCUT2D eigenvalue weighted by Gasteiger charge is -2.06. The van der Waals surface area contributed by atoms with E-state index >= 15 is 0 Å². The zero-order valence-corrected chi connectivity index (χ0v) is 14.9. The number of aryl methyl sites for hydroxylation is 1. The van der Waals surface area contributed by atoms with Gasteiger partial charge in [-0.25, -0.2) is 9.78 Å². The maximum atomic E-state index is 12.2. The average molecular weight is 357 g/mol. The molecular formula is C18H19N3O3S. The second-order valence-corrected chi connectivity index (χ2v) is 6.70. The van der Waals surface area contributed by atoms with Crippen molar-refractivity contribution in [1.82, 2.24) is 14.9 Å². The Kier molecular flexibility index (Phi) is 5.14. The SMILES string of the molecule is COC(=O)c1cn(CC(=O)NCCc2csc(C)n2)c2ccccc12. The number of ether oxygens (including phenoxy) is 1. The number of amides is 1. The number of esters is 1. The molecular weight excluding hydrogens is 338 g/mol. The molecule has 1 N–H and O–H groups in total. The van der Waals surface area contributed by atoms with Crippen LogP contribution in [0.1, 0.15) is 21.1 Å². The van der Waals surface area contributed by atoms with Gasteiger partial charge in [-0.05, 0) is 13.0 Å². The van der Waals surface area contributed by atoms with E-state index in [0.717, 1.165) is 21.6 Å². The van der Waals surface area contributed by atoms with Crippen molar-refractivity contribution in [3.05, 3.63) is 52.1 Å². The topological polar surface area (TPSA) is 73.2 Å². The zero-order valence-electron chi connectivity index (χ0n) is 14.1. The van der Waals surface area contributed by atoms with Crippen molar-refractivity contribution in [2.45, 2.75) is 19.9 Å². The Hall–Kier alpha value is -2.67. The molecule has 1 amide bonds. The minimum Gasteiger partial charge on any atom is -0.465 e. The number of nitrogens with zero attached hydrogens (tertiary/aromatic N) is 2. The van der Waals surface area contributed by atoms with Crippen LogP contribution in [0.5, 0.6) is 0 Å². The molecule has 7 heteroatoms. The number of nitrogens with one attached hydrogen (secondary N) is 1. The van der Waals surface area contributed by atoms with Crippen LogP contribution >= 0.6 is 11.3 Å². The van der Waals surface area contributed by atoms with E-state index in [1.165, 1.54) is 7.11 Å².